The number of aromatic nitrogens is 2. The molecule has 0 saturated carbocycles. The smallest absolute Gasteiger partial charge is 0.107 e. The highest BCUT2D eigenvalue weighted by Gasteiger charge is 2.26. The van der Waals surface area contributed by atoms with Crippen LogP contribution in [0.1, 0.15) is 56.2 Å². The van der Waals surface area contributed by atoms with E-state index < -0.39 is 6.10 Å². The van der Waals surface area contributed by atoms with Crippen LogP contribution in [0.4, 0.5) is 0 Å². The van der Waals surface area contributed by atoms with Gasteiger partial charge in [-0.1, -0.05) is 52.0 Å². The Labute approximate surface area is 121 Å². The summed E-state index contributed by atoms with van der Waals surface area (Å²) in [7, 11) is 1.90. The van der Waals surface area contributed by atoms with E-state index in [1.54, 1.807) is 4.68 Å². The van der Waals surface area contributed by atoms with E-state index in [9.17, 15) is 5.11 Å². The first-order valence-electron chi connectivity index (χ1n) is 7.14. The second-order valence-electron chi connectivity index (χ2n) is 6.36. The van der Waals surface area contributed by atoms with Crippen LogP contribution >= 0.6 is 0 Å². The number of aliphatic hydroxyl groups excluding tert-OH is 1. The molecule has 0 saturated heterocycles. The lowest BCUT2D eigenvalue weighted by atomic mass is 9.86. The Morgan fingerprint density at radius 2 is 2.00 bits per heavy atom. The zero-order valence-electron chi connectivity index (χ0n) is 13.0. The molecule has 1 N–H and O–H groups in total. The van der Waals surface area contributed by atoms with Crippen molar-refractivity contribution in [3.05, 3.63) is 52.8 Å². The fourth-order valence-electron chi connectivity index (χ4n) is 2.45. The predicted octanol–water partition coefficient (Wildman–Crippen LogP) is 3.36. The maximum absolute atomic E-state index is 10.7. The van der Waals surface area contributed by atoms with Crippen LogP contribution < -0.4 is 0 Å². The number of aliphatic hydroxyl groups is 1. The Morgan fingerprint density at radius 3 is 2.60 bits per heavy atom. The lowest BCUT2D eigenvalue weighted by Gasteiger charge is -2.20. The van der Waals surface area contributed by atoms with Gasteiger partial charge >= 0.3 is 0 Å². The predicted molar refractivity (Wildman–Crippen MR) is 81.8 cm³/mol. The van der Waals surface area contributed by atoms with Crippen LogP contribution in [0.2, 0.25) is 0 Å². The molecule has 0 aliphatic carbocycles. The van der Waals surface area contributed by atoms with E-state index in [0.29, 0.717) is 0 Å². The maximum Gasteiger partial charge on any atom is 0.107 e. The SMILES string of the molecule is CCc1cccc(C(O)c2cn(C)nc2C(C)(C)C)c1. The molecule has 1 unspecified atom stereocenters. The van der Waals surface area contributed by atoms with Crippen molar-refractivity contribution in [3.8, 4) is 0 Å². The lowest BCUT2D eigenvalue weighted by Crippen LogP contribution is -2.16. The highest BCUT2D eigenvalue weighted by Crippen LogP contribution is 2.31. The van der Waals surface area contributed by atoms with Gasteiger partial charge in [-0.05, 0) is 17.5 Å². The Morgan fingerprint density at radius 1 is 1.30 bits per heavy atom. The van der Waals surface area contributed by atoms with Crippen LogP contribution in [0.3, 0.4) is 0 Å². The van der Waals surface area contributed by atoms with Crippen LogP contribution in [-0.2, 0) is 18.9 Å². The lowest BCUT2D eigenvalue weighted by molar-refractivity contribution is 0.217. The van der Waals surface area contributed by atoms with Crippen LogP contribution in [-0.4, -0.2) is 14.9 Å². The molecule has 0 aliphatic rings. The Balaban J connectivity index is 2.45. The molecule has 0 bridgehead atoms. The van der Waals surface area contributed by atoms with E-state index in [1.165, 1.54) is 5.56 Å². The second kappa shape index (κ2) is 5.41. The standard InChI is InChI=1S/C17H24N2O/c1-6-12-8-7-9-13(10-12)15(20)14-11-19(5)18-16(14)17(2,3)4/h7-11,15,20H,6H2,1-5H3. The molecule has 3 heteroatoms. The molecule has 0 aliphatic heterocycles. The summed E-state index contributed by atoms with van der Waals surface area (Å²) < 4.78 is 1.78. The molecular weight excluding hydrogens is 248 g/mol. The van der Waals surface area contributed by atoms with Gasteiger partial charge in [-0.15, -0.1) is 0 Å². The molecule has 3 nitrogen and oxygen atoms in total. The number of nitrogens with zero attached hydrogens (tertiary/aromatic N) is 2. The molecule has 20 heavy (non-hydrogen) atoms. The summed E-state index contributed by atoms with van der Waals surface area (Å²) in [6.45, 7) is 8.48. The highest BCUT2D eigenvalue weighted by atomic mass is 16.3. The fourth-order valence-corrected chi connectivity index (χ4v) is 2.45. The largest absolute Gasteiger partial charge is 0.384 e. The number of hydrogen-bond donors (Lipinski definition) is 1. The van der Waals surface area contributed by atoms with Gasteiger partial charge in [0.2, 0.25) is 0 Å². The number of hydrogen-bond acceptors (Lipinski definition) is 2. The van der Waals surface area contributed by atoms with Crippen molar-refractivity contribution in [2.45, 2.75) is 45.6 Å². The van der Waals surface area contributed by atoms with Crippen molar-refractivity contribution >= 4 is 0 Å². The molecule has 1 aromatic heterocycles. The van der Waals surface area contributed by atoms with Gasteiger partial charge in [0.25, 0.3) is 0 Å². The van der Waals surface area contributed by atoms with Gasteiger partial charge in [-0.25, -0.2) is 0 Å². The van der Waals surface area contributed by atoms with Gasteiger partial charge < -0.3 is 5.11 Å². The van der Waals surface area contributed by atoms with Gasteiger partial charge in [-0.3, -0.25) is 4.68 Å². The average molecular weight is 272 g/mol. The zero-order valence-corrected chi connectivity index (χ0v) is 13.0. The molecule has 108 valence electrons. The molecule has 2 aromatic rings. The fraction of sp³-hybridized carbons (Fsp3) is 0.471. The van der Waals surface area contributed by atoms with E-state index in [2.05, 4.69) is 44.9 Å². The summed E-state index contributed by atoms with van der Waals surface area (Å²) in [5.41, 5.74) is 3.94. The minimum Gasteiger partial charge on any atom is -0.384 e. The minimum absolute atomic E-state index is 0.0834. The summed E-state index contributed by atoms with van der Waals surface area (Å²) >= 11 is 0. The molecule has 2 rings (SSSR count). The van der Waals surface area contributed by atoms with Crippen LogP contribution in [0.25, 0.3) is 0 Å². The van der Waals surface area contributed by atoms with Gasteiger partial charge in [-0.2, -0.15) is 5.10 Å². The number of benzene rings is 1. The summed E-state index contributed by atoms with van der Waals surface area (Å²) in [4.78, 5) is 0. The number of aryl methyl sites for hydroxylation is 2. The van der Waals surface area contributed by atoms with E-state index in [-0.39, 0.29) is 5.41 Å². The quantitative estimate of drug-likeness (QED) is 0.930. The van der Waals surface area contributed by atoms with Gasteiger partial charge in [0.05, 0.1) is 5.69 Å². The molecule has 0 radical (unpaired) electrons. The zero-order chi connectivity index (χ0) is 14.9. The van der Waals surface area contributed by atoms with E-state index in [0.717, 1.165) is 23.2 Å². The summed E-state index contributed by atoms with van der Waals surface area (Å²) in [6, 6.07) is 8.14. The molecule has 0 fully saturated rings. The molecular formula is C17H24N2O. The summed E-state index contributed by atoms with van der Waals surface area (Å²) in [6.07, 6.45) is 2.27. The third-order valence-corrected chi connectivity index (χ3v) is 3.54. The first kappa shape index (κ1) is 14.8. The topological polar surface area (TPSA) is 38.0 Å². The summed E-state index contributed by atoms with van der Waals surface area (Å²) in [5.74, 6) is 0. The van der Waals surface area contributed by atoms with E-state index in [4.69, 9.17) is 0 Å². The van der Waals surface area contributed by atoms with Crippen molar-refractivity contribution in [1.29, 1.82) is 0 Å². The van der Waals surface area contributed by atoms with Crippen molar-refractivity contribution in [2.24, 2.45) is 7.05 Å². The monoisotopic (exact) mass is 272 g/mol. The van der Waals surface area contributed by atoms with Crippen molar-refractivity contribution in [3.63, 3.8) is 0 Å². The molecule has 1 heterocycles. The number of rotatable bonds is 3. The molecule has 1 aromatic carbocycles. The van der Waals surface area contributed by atoms with Crippen molar-refractivity contribution < 1.29 is 5.11 Å². The first-order valence-corrected chi connectivity index (χ1v) is 7.14. The molecule has 0 spiro atoms. The van der Waals surface area contributed by atoms with E-state index >= 15 is 0 Å². The minimum atomic E-state index is -0.621. The van der Waals surface area contributed by atoms with Gasteiger partial charge in [0, 0.05) is 24.2 Å². The van der Waals surface area contributed by atoms with Crippen molar-refractivity contribution in [1.82, 2.24) is 9.78 Å². The second-order valence-corrected chi connectivity index (χ2v) is 6.36. The third-order valence-electron chi connectivity index (χ3n) is 3.54. The third kappa shape index (κ3) is 2.93. The normalized spacial score (nSPS) is 13.5. The Hall–Kier alpha value is -1.61. The first-order chi connectivity index (χ1) is 9.32. The summed E-state index contributed by atoms with van der Waals surface area (Å²) in [5, 5.41) is 15.2. The van der Waals surface area contributed by atoms with Crippen LogP contribution in [0, 0.1) is 0 Å². The van der Waals surface area contributed by atoms with E-state index in [1.807, 2.05) is 25.4 Å². The Kier molecular flexibility index (Phi) is 4.00. The van der Waals surface area contributed by atoms with Crippen LogP contribution in [0.5, 0.6) is 0 Å². The maximum atomic E-state index is 10.7. The molecule has 0 amide bonds. The Bertz CT molecular complexity index is 593. The van der Waals surface area contributed by atoms with Gasteiger partial charge in [0.15, 0.2) is 0 Å². The molecule has 1 atom stereocenters. The highest BCUT2D eigenvalue weighted by molar-refractivity contribution is 5.36. The van der Waals surface area contributed by atoms with Crippen LogP contribution in [0.15, 0.2) is 30.5 Å². The van der Waals surface area contributed by atoms with Gasteiger partial charge in [0.1, 0.15) is 6.10 Å². The van der Waals surface area contributed by atoms with Crippen molar-refractivity contribution in [2.75, 3.05) is 0 Å². The average Bonchev–Trinajstić information content (AvgIpc) is 2.80.